The summed E-state index contributed by atoms with van der Waals surface area (Å²) in [6, 6.07) is 2.68. The molecule has 1 saturated carbocycles. The number of fused-ring (bicyclic) bond motifs is 1. The van der Waals surface area contributed by atoms with Gasteiger partial charge in [0, 0.05) is 24.7 Å². The Kier molecular flexibility index (Phi) is 4.37. The lowest BCUT2D eigenvalue weighted by molar-refractivity contribution is 0.0386. The van der Waals surface area contributed by atoms with E-state index >= 15 is 0 Å². The van der Waals surface area contributed by atoms with Crippen molar-refractivity contribution in [2.75, 3.05) is 20.3 Å². The quantitative estimate of drug-likeness (QED) is 0.621. The van der Waals surface area contributed by atoms with Crippen LogP contribution in [0.3, 0.4) is 0 Å². The summed E-state index contributed by atoms with van der Waals surface area (Å²) >= 11 is 5.83. The number of halogens is 2. The zero-order valence-electron chi connectivity index (χ0n) is 12.5. The zero-order chi connectivity index (χ0) is 16.6. The fraction of sp³-hybridized carbons (Fsp3) is 0.375. The molecule has 2 aromatic rings. The lowest BCUT2D eigenvalue weighted by Gasteiger charge is -2.13. The van der Waals surface area contributed by atoms with E-state index < -0.39 is 17.2 Å². The Labute approximate surface area is 136 Å². The molecule has 0 atom stereocenters. The molecular weight excluding hydrogens is 325 g/mol. The van der Waals surface area contributed by atoms with Crippen LogP contribution >= 0.6 is 11.6 Å². The minimum Gasteiger partial charge on any atom is -0.460 e. The molecule has 0 aliphatic heterocycles. The number of aromatic nitrogens is 1. The molecule has 0 spiro atoms. The van der Waals surface area contributed by atoms with Crippen LogP contribution in [0.15, 0.2) is 23.1 Å². The van der Waals surface area contributed by atoms with Crippen molar-refractivity contribution in [3.05, 3.63) is 45.0 Å². The van der Waals surface area contributed by atoms with Gasteiger partial charge in [-0.2, -0.15) is 0 Å². The van der Waals surface area contributed by atoms with Crippen molar-refractivity contribution in [3.8, 4) is 0 Å². The van der Waals surface area contributed by atoms with Gasteiger partial charge in [0.25, 0.3) is 0 Å². The molecule has 7 heteroatoms. The molecule has 1 aromatic heterocycles. The number of benzene rings is 1. The lowest BCUT2D eigenvalue weighted by Crippen LogP contribution is -2.22. The average molecular weight is 340 g/mol. The minimum atomic E-state index is -0.737. The second kappa shape index (κ2) is 6.29. The summed E-state index contributed by atoms with van der Waals surface area (Å²) < 4.78 is 25.4. The first-order valence-corrected chi connectivity index (χ1v) is 7.60. The van der Waals surface area contributed by atoms with E-state index in [0.29, 0.717) is 5.52 Å². The lowest BCUT2D eigenvalue weighted by atomic mass is 10.1. The van der Waals surface area contributed by atoms with E-state index in [4.69, 9.17) is 21.1 Å². The molecular formula is C16H15ClFNO4. The van der Waals surface area contributed by atoms with Crippen molar-refractivity contribution in [1.29, 1.82) is 0 Å². The second-order valence-electron chi connectivity index (χ2n) is 5.42. The Bertz CT molecular complexity index is 829. The summed E-state index contributed by atoms with van der Waals surface area (Å²) in [7, 11) is 1.48. The molecule has 1 heterocycles. The van der Waals surface area contributed by atoms with Crippen LogP contribution in [0.25, 0.3) is 10.9 Å². The predicted octanol–water partition coefficient (Wildman–Crippen LogP) is 2.93. The third-order valence-electron chi connectivity index (χ3n) is 3.76. The number of hydrogen-bond acceptors (Lipinski definition) is 4. The Morgan fingerprint density at radius 1 is 1.39 bits per heavy atom. The number of pyridine rings is 1. The zero-order valence-corrected chi connectivity index (χ0v) is 13.2. The highest BCUT2D eigenvalue weighted by Crippen LogP contribution is 2.37. The molecule has 0 radical (unpaired) electrons. The van der Waals surface area contributed by atoms with Crippen LogP contribution in [0, 0.1) is 5.82 Å². The number of rotatable bonds is 5. The molecule has 0 saturated heterocycles. The number of carbonyl (C=O) groups excluding carboxylic acids is 1. The van der Waals surface area contributed by atoms with Gasteiger partial charge in [-0.05, 0) is 25.0 Å². The van der Waals surface area contributed by atoms with Gasteiger partial charge in [-0.25, -0.2) is 9.18 Å². The molecule has 0 bridgehead atoms. The molecule has 1 fully saturated rings. The van der Waals surface area contributed by atoms with Crippen LogP contribution in [0.4, 0.5) is 4.39 Å². The maximum Gasteiger partial charge on any atom is 0.343 e. The molecule has 1 aliphatic rings. The molecule has 5 nitrogen and oxygen atoms in total. The van der Waals surface area contributed by atoms with Crippen LogP contribution < -0.4 is 5.43 Å². The molecule has 0 amide bonds. The van der Waals surface area contributed by atoms with Crippen LogP contribution in [0.1, 0.15) is 29.2 Å². The largest absolute Gasteiger partial charge is 0.460 e. The number of methoxy groups -OCH3 is 1. The molecule has 1 aromatic carbocycles. The van der Waals surface area contributed by atoms with Gasteiger partial charge in [0.1, 0.15) is 18.0 Å². The summed E-state index contributed by atoms with van der Waals surface area (Å²) in [5.74, 6) is -1.43. The van der Waals surface area contributed by atoms with E-state index in [2.05, 4.69) is 0 Å². The van der Waals surface area contributed by atoms with E-state index in [9.17, 15) is 14.0 Å². The summed E-state index contributed by atoms with van der Waals surface area (Å²) in [6.07, 6.45) is 3.35. The smallest absolute Gasteiger partial charge is 0.343 e. The number of esters is 1. The van der Waals surface area contributed by atoms with Crippen molar-refractivity contribution in [3.63, 3.8) is 0 Å². The predicted molar refractivity (Wildman–Crippen MR) is 83.6 cm³/mol. The van der Waals surface area contributed by atoms with Crippen LogP contribution in [0.2, 0.25) is 5.02 Å². The maximum atomic E-state index is 13.7. The van der Waals surface area contributed by atoms with Gasteiger partial charge < -0.3 is 14.0 Å². The minimum absolute atomic E-state index is 0.0468. The number of carbonyl (C=O) groups is 1. The average Bonchev–Trinajstić information content (AvgIpc) is 3.34. The van der Waals surface area contributed by atoms with Crippen molar-refractivity contribution in [2.45, 2.75) is 18.9 Å². The second-order valence-corrected chi connectivity index (χ2v) is 5.83. The number of hydrogen-bond donors (Lipinski definition) is 0. The molecule has 23 heavy (non-hydrogen) atoms. The fourth-order valence-corrected chi connectivity index (χ4v) is 2.60. The van der Waals surface area contributed by atoms with Gasteiger partial charge in [0.05, 0.1) is 17.1 Å². The van der Waals surface area contributed by atoms with E-state index in [0.717, 1.165) is 18.9 Å². The third-order valence-corrected chi connectivity index (χ3v) is 4.04. The monoisotopic (exact) mass is 339 g/mol. The van der Waals surface area contributed by atoms with Crippen LogP contribution in [-0.4, -0.2) is 30.9 Å². The molecule has 3 rings (SSSR count). The van der Waals surface area contributed by atoms with E-state index in [1.165, 1.54) is 19.4 Å². The molecule has 1 aliphatic carbocycles. The van der Waals surface area contributed by atoms with Gasteiger partial charge in [-0.1, -0.05) is 11.6 Å². The third kappa shape index (κ3) is 3.09. The molecule has 0 unspecified atom stereocenters. The topological polar surface area (TPSA) is 57.5 Å². The van der Waals surface area contributed by atoms with E-state index in [-0.39, 0.29) is 35.2 Å². The summed E-state index contributed by atoms with van der Waals surface area (Å²) in [6.45, 7) is 0.283. The van der Waals surface area contributed by atoms with Crippen molar-refractivity contribution in [1.82, 2.24) is 4.57 Å². The first kappa shape index (κ1) is 16.0. The standard InChI is InChI=1S/C16H15ClFNO4/c1-22-4-5-23-16(21)11-8-19(9-2-3-9)14-7-12(17)13(18)6-10(14)15(11)20/h6-9H,2-5H2,1H3. The maximum absolute atomic E-state index is 13.7. The first-order chi connectivity index (χ1) is 11.0. The Morgan fingerprint density at radius 2 is 2.13 bits per heavy atom. The van der Waals surface area contributed by atoms with Crippen molar-refractivity contribution in [2.24, 2.45) is 0 Å². The van der Waals surface area contributed by atoms with Gasteiger partial charge in [0.2, 0.25) is 5.43 Å². The summed E-state index contributed by atoms with van der Waals surface area (Å²) in [5.41, 5.74) is -0.144. The van der Waals surface area contributed by atoms with E-state index in [1.807, 2.05) is 0 Å². The summed E-state index contributed by atoms with van der Waals surface area (Å²) in [4.78, 5) is 24.6. The van der Waals surface area contributed by atoms with Gasteiger partial charge in [0.15, 0.2) is 0 Å². The Hall–Kier alpha value is -1.92. The van der Waals surface area contributed by atoms with Gasteiger partial charge in [-0.15, -0.1) is 0 Å². The van der Waals surface area contributed by atoms with Gasteiger partial charge >= 0.3 is 5.97 Å². The SMILES string of the molecule is COCCOC(=O)c1cn(C2CC2)c2cc(Cl)c(F)cc2c1=O. The highest BCUT2D eigenvalue weighted by molar-refractivity contribution is 6.31. The van der Waals surface area contributed by atoms with Crippen molar-refractivity contribution >= 4 is 28.5 Å². The fourth-order valence-electron chi connectivity index (χ4n) is 2.44. The van der Waals surface area contributed by atoms with Crippen LogP contribution in [-0.2, 0) is 9.47 Å². The normalized spacial score (nSPS) is 14.2. The van der Waals surface area contributed by atoms with Gasteiger partial charge in [-0.3, -0.25) is 4.79 Å². The van der Waals surface area contributed by atoms with E-state index in [1.54, 1.807) is 4.57 Å². The number of nitrogens with zero attached hydrogens (tertiary/aromatic N) is 1. The highest BCUT2D eigenvalue weighted by Gasteiger charge is 2.27. The van der Waals surface area contributed by atoms with Crippen LogP contribution in [0.5, 0.6) is 0 Å². The highest BCUT2D eigenvalue weighted by atomic mass is 35.5. The molecule has 0 N–H and O–H groups in total. The summed E-state index contributed by atoms with van der Waals surface area (Å²) in [5, 5.41) is 0.0710. The Morgan fingerprint density at radius 3 is 2.78 bits per heavy atom. The van der Waals surface area contributed by atoms with Crippen molar-refractivity contribution < 1.29 is 18.7 Å². The Balaban J connectivity index is 2.12. The first-order valence-electron chi connectivity index (χ1n) is 7.23. The number of ether oxygens (including phenoxy) is 2. The molecule has 122 valence electrons.